The molecule has 1 saturated heterocycles. The van der Waals surface area contributed by atoms with Crippen molar-refractivity contribution in [3.63, 3.8) is 0 Å². The van der Waals surface area contributed by atoms with Crippen molar-refractivity contribution in [2.24, 2.45) is 0 Å². The zero-order valence-corrected chi connectivity index (χ0v) is 20.9. The number of ether oxygens (including phenoxy) is 2. The Balaban J connectivity index is 1.44. The van der Waals surface area contributed by atoms with Gasteiger partial charge in [-0.15, -0.1) is 0 Å². The molecule has 35 heavy (non-hydrogen) atoms. The fourth-order valence-corrected chi connectivity index (χ4v) is 3.75. The Kier molecular flexibility index (Phi) is 7.53. The fraction of sp³-hybridized carbons (Fsp3) is 0.115. The van der Waals surface area contributed by atoms with Crippen molar-refractivity contribution in [1.82, 2.24) is 5.32 Å². The van der Waals surface area contributed by atoms with Gasteiger partial charge >= 0.3 is 6.03 Å². The van der Waals surface area contributed by atoms with Crippen molar-refractivity contribution < 1.29 is 23.9 Å². The van der Waals surface area contributed by atoms with Crippen LogP contribution in [0.4, 0.5) is 10.5 Å². The first kappa shape index (κ1) is 24.5. The second-order valence-electron chi connectivity index (χ2n) is 7.61. The molecular weight excluding hydrogens is 536 g/mol. The van der Waals surface area contributed by atoms with Gasteiger partial charge < -0.3 is 9.47 Å². The molecular formula is C26H20BrClN2O5. The minimum Gasteiger partial charge on any atom is -0.490 e. The van der Waals surface area contributed by atoms with E-state index in [-0.39, 0.29) is 12.2 Å². The van der Waals surface area contributed by atoms with Crippen LogP contribution in [0, 0.1) is 6.92 Å². The Hall–Kier alpha value is -3.62. The first-order valence-corrected chi connectivity index (χ1v) is 11.8. The minimum absolute atomic E-state index is 0.161. The monoisotopic (exact) mass is 554 g/mol. The van der Waals surface area contributed by atoms with Crippen LogP contribution in [0.25, 0.3) is 6.08 Å². The number of barbiturate groups is 1. The lowest BCUT2D eigenvalue weighted by Crippen LogP contribution is -2.54. The van der Waals surface area contributed by atoms with Gasteiger partial charge in [-0.3, -0.25) is 14.9 Å². The number of aryl methyl sites for hydroxylation is 1. The quantitative estimate of drug-likeness (QED) is 0.235. The van der Waals surface area contributed by atoms with Gasteiger partial charge in [-0.1, -0.05) is 39.7 Å². The first-order valence-electron chi connectivity index (χ1n) is 10.6. The number of imide groups is 2. The van der Waals surface area contributed by atoms with Crippen LogP contribution in [-0.4, -0.2) is 31.1 Å². The average molecular weight is 556 g/mol. The molecule has 0 unspecified atom stereocenters. The van der Waals surface area contributed by atoms with Crippen molar-refractivity contribution in [2.45, 2.75) is 6.92 Å². The molecule has 4 rings (SSSR count). The van der Waals surface area contributed by atoms with E-state index in [1.807, 2.05) is 13.0 Å². The molecule has 4 amide bonds. The number of hydrogen-bond acceptors (Lipinski definition) is 5. The van der Waals surface area contributed by atoms with Gasteiger partial charge in [0.05, 0.1) is 5.69 Å². The van der Waals surface area contributed by atoms with E-state index in [1.54, 1.807) is 60.7 Å². The molecule has 0 bridgehead atoms. The van der Waals surface area contributed by atoms with E-state index < -0.39 is 17.8 Å². The lowest BCUT2D eigenvalue weighted by atomic mass is 10.1. The Morgan fingerprint density at radius 2 is 1.63 bits per heavy atom. The van der Waals surface area contributed by atoms with E-state index >= 15 is 0 Å². The third-order valence-corrected chi connectivity index (χ3v) is 6.06. The van der Waals surface area contributed by atoms with Crippen molar-refractivity contribution in [3.8, 4) is 11.5 Å². The summed E-state index contributed by atoms with van der Waals surface area (Å²) in [4.78, 5) is 38.7. The molecule has 3 aromatic rings. The molecule has 9 heteroatoms. The SMILES string of the molecule is Cc1cc(OCCOc2cccc(/C=C3/C(=O)NC(=O)N(c4ccc(Br)cc4)C3=O)c2)ccc1Cl. The second kappa shape index (κ2) is 10.8. The molecule has 0 atom stereocenters. The van der Waals surface area contributed by atoms with Crippen LogP contribution >= 0.6 is 27.5 Å². The molecule has 7 nitrogen and oxygen atoms in total. The van der Waals surface area contributed by atoms with Gasteiger partial charge in [0.2, 0.25) is 0 Å². The summed E-state index contributed by atoms with van der Waals surface area (Å²) in [6, 6.07) is 18.2. The molecule has 1 fully saturated rings. The maximum atomic E-state index is 13.0. The summed E-state index contributed by atoms with van der Waals surface area (Å²) in [5.41, 5.74) is 1.68. The van der Waals surface area contributed by atoms with E-state index in [0.29, 0.717) is 34.4 Å². The van der Waals surface area contributed by atoms with Gasteiger partial charge in [0, 0.05) is 9.50 Å². The number of rotatable bonds is 7. The van der Waals surface area contributed by atoms with Crippen LogP contribution < -0.4 is 19.7 Å². The van der Waals surface area contributed by atoms with E-state index in [1.165, 1.54) is 6.08 Å². The molecule has 0 saturated carbocycles. The van der Waals surface area contributed by atoms with E-state index in [4.69, 9.17) is 21.1 Å². The lowest BCUT2D eigenvalue weighted by Gasteiger charge is -2.26. The highest BCUT2D eigenvalue weighted by Gasteiger charge is 2.36. The Morgan fingerprint density at radius 1 is 0.943 bits per heavy atom. The first-order chi connectivity index (χ1) is 16.8. The van der Waals surface area contributed by atoms with Crippen LogP contribution in [0.5, 0.6) is 11.5 Å². The molecule has 0 aliphatic carbocycles. The highest BCUT2D eigenvalue weighted by Crippen LogP contribution is 2.25. The molecule has 3 aromatic carbocycles. The molecule has 1 heterocycles. The maximum Gasteiger partial charge on any atom is 0.335 e. The van der Waals surface area contributed by atoms with Gasteiger partial charge in [-0.05, 0) is 78.7 Å². The normalized spacial score (nSPS) is 14.8. The largest absolute Gasteiger partial charge is 0.490 e. The second-order valence-corrected chi connectivity index (χ2v) is 8.94. The van der Waals surface area contributed by atoms with Crippen LogP contribution in [0.3, 0.4) is 0 Å². The van der Waals surface area contributed by atoms with Crippen LogP contribution in [0.2, 0.25) is 5.02 Å². The number of carbonyl (C=O) groups excluding carboxylic acids is 3. The molecule has 0 radical (unpaired) electrons. The highest BCUT2D eigenvalue weighted by atomic mass is 79.9. The fourth-order valence-electron chi connectivity index (χ4n) is 3.37. The van der Waals surface area contributed by atoms with Crippen LogP contribution in [-0.2, 0) is 9.59 Å². The minimum atomic E-state index is -0.799. The van der Waals surface area contributed by atoms with Gasteiger partial charge in [0.15, 0.2) is 0 Å². The van der Waals surface area contributed by atoms with Gasteiger partial charge in [-0.2, -0.15) is 0 Å². The van der Waals surface area contributed by atoms with E-state index in [2.05, 4.69) is 21.2 Å². The third kappa shape index (κ3) is 5.90. The molecule has 1 aliphatic heterocycles. The van der Waals surface area contributed by atoms with E-state index in [9.17, 15) is 14.4 Å². The summed E-state index contributed by atoms with van der Waals surface area (Å²) in [5, 5.41) is 2.89. The standard InChI is InChI=1S/C26H20BrClN2O5/c1-16-13-21(9-10-23(16)28)35-12-11-34-20-4-2-3-17(14-20)15-22-24(31)29-26(33)30(25(22)32)19-7-5-18(27)6-8-19/h2-10,13-15H,11-12H2,1H3,(H,29,31,33)/b22-15-. The maximum absolute atomic E-state index is 13.0. The van der Waals surface area contributed by atoms with Gasteiger partial charge in [-0.25, -0.2) is 9.69 Å². The number of urea groups is 1. The number of carbonyl (C=O) groups is 3. The van der Waals surface area contributed by atoms with Crippen molar-refractivity contribution in [2.75, 3.05) is 18.1 Å². The number of amides is 4. The summed E-state index contributed by atoms with van der Waals surface area (Å²) < 4.78 is 12.2. The smallest absolute Gasteiger partial charge is 0.335 e. The average Bonchev–Trinajstić information content (AvgIpc) is 2.83. The zero-order valence-electron chi connectivity index (χ0n) is 18.6. The zero-order chi connectivity index (χ0) is 24.9. The number of anilines is 1. The van der Waals surface area contributed by atoms with Crippen molar-refractivity contribution >= 4 is 57.1 Å². The van der Waals surface area contributed by atoms with E-state index in [0.717, 1.165) is 14.9 Å². The molecule has 1 N–H and O–H groups in total. The predicted molar refractivity (Wildman–Crippen MR) is 137 cm³/mol. The number of benzene rings is 3. The third-order valence-electron chi connectivity index (χ3n) is 5.11. The number of hydrogen-bond donors (Lipinski definition) is 1. The van der Waals surface area contributed by atoms with Gasteiger partial charge in [0.1, 0.15) is 30.3 Å². The number of nitrogens with zero attached hydrogens (tertiary/aromatic N) is 1. The van der Waals surface area contributed by atoms with Crippen molar-refractivity contribution in [1.29, 1.82) is 0 Å². The number of halogens is 2. The van der Waals surface area contributed by atoms with Crippen LogP contribution in [0.15, 0.2) is 76.8 Å². The Labute approximate surface area is 215 Å². The molecule has 1 aliphatic rings. The summed E-state index contributed by atoms with van der Waals surface area (Å²) in [6.07, 6.45) is 1.43. The topological polar surface area (TPSA) is 84.9 Å². The Bertz CT molecular complexity index is 1320. The Morgan fingerprint density at radius 3 is 2.31 bits per heavy atom. The number of nitrogens with one attached hydrogen (secondary N) is 1. The van der Waals surface area contributed by atoms with Crippen molar-refractivity contribution in [3.05, 3.63) is 92.9 Å². The summed E-state index contributed by atoms with van der Waals surface area (Å²) >= 11 is 9.34. The highest BCUT2D eigenvalue weighted by molar-refractivity contribution is 9.10. The summed E-state index contributed by atoms with van der Waals surface area (Å²) in [6.45, 7) is 2.50. The van der Waals surface area contributed by atoms with Gasteiger partial charge in [0.25, 0.3) is 11.8 Å². The summed E-state index contributed by atoms with van der Waals surface area (Å²) in [7, 11) is 0. The molecule has 178 valence electrons. The van der Waals surface area contributed by atoms with Crippen LogP contribution in [0.1, 0.15) is 11.1 Å². The lowest BCUT2D eigenvalue weighted by molar-refractivity contribution is -0.122. The summed E-state index contributed by atoms with van der Waals surface area (Å²) in [5.74, 6) is -0.231. The molecule has 0 aromatic heterocycles. The predicted octanol–water partition coefficient (Wildman–Crippen LogP) is 5.54. The molecule has 0 spiro atoms.